The Morgan fingerprint density at radius 1 is 0.636 bits per heavy atom. The van der Waals surface area contributed by atoms with Gasteiger partial charge in [0.05, 0.1) is 0 Å². The number of benzene rings is 2. The van der Waals surface area contributed by atoms with E-state index < -0.39 is 0 Å². The van der Waals surface area contributed by atoms with Gasteiger partial charge in [0.2, 0.25) is 7.98 Å². The van der Waals surface area contributed by atoms with Gasteiger partial charge < -0.3 is 4.81 Å². The molecule has 0 saturated carbocycles. The van der Waals surface area contributed by atoms with E-state index in [-0.39, 0.29) is 10.8 Å². The van der Waals surface area contributed by atoms with Crippen LogP contribution in [0.1, 0.15) is 52.7 Å². The van der Waals surface area contributed by atoms with Gasteiger partial charge in [0, 0.05) is 11.4 Å². The van der Waals surface area contributed by atoms with Gasteiger partial charge in [0.15, 0.2) is 0 Å². The number of rotatable bonds is 2. The van der Waals surface area contributed by atoms with Crippen molar-refractivity contribution in [3.05, 3.63) is 59.7 Å². The Kier molecular flexibility index (Phi) is 4.42. The number of hydrogen-bond acceptors (Lipinski definition) is 1. The van der Waals surface area contributed by atoms with Crippen molar-refractivity contribution in [2.24, 2.45) is 0 Å². The largest absolute Gasteiger partial charge is 0.397 e. The van der Waals surface area contributed by atoms with E-state index in [1.54, 1.807) is 0 Å². The van der Waals surface area contributed by atoms with Gasteiger partial charge >= 0.3 is 0 Å². The first-order valence-electron chi connectivity index (χ1n) is 7.86. The molecule has 0 bridgehead atoms. The van der Waals surface area contributed by atoms with Crippen LogP contribution in [-0.2, 0) is 10.8 Å². The third-order valence-corrected chi connectivity index (χ3v) is 3.94. The van der Waals surface area contributed by atoms with Crippen molar-refractivity contribution in [2.45, 2.75) is 52.4 Å². The van der Waals surface area contributed by atoms with E-state index >= 15 is 0 Å². The molecular formula is C20H26BN. The molecule has 2 aromatic rings. The molecule has 0 atom stereocenters. The highest BCUT2D eigenvalue weighted by molar-refractivity contribution is 6.23. The zero-order chi connectivity index (χ0) is 16.5. The van der Waals surface area contributed by atoms with Crippen LogP contribution < -0.4 is 4.81 Å². The fourth-order valence-corrected chi connectivity index (χ4v) is 2.77. The zero-order valence-electron chi connectivity index (χ0n) is 14.6. The minimum atomic E-state index is 0.0465. The molecule has 2 heteroatoms. The Bertz CT molecular complexity index is 590. The third kappa shape index (κ3) is 3.37. The van der Waals surface area contributed by atoms with Gasteiger partial charge in [-0.3, -0.25) is 0 Å². The fourth-order valence-electron chi connectivity index (χ4n) is 2.77. The maximum atomic E-state index is 6.54. The maximum absolute atomic E-state index is 6.54. The van der Waals surface area contributed by atoms with Crippen molar-refractivity contribution in [3.8, 4) is 0 Å². The number of nitrogens with zero attached hydrogens (tertiary/aromatic N) is 1. The molecule has 0 heterocycles. The Labute approximate surface area is 136 Å². The summed E-state index contributed by atoms with van der Waals surface area (Å²) in [5, 5.41) is 0. The monoisotopic (exact) mass is 291 g/mol. The Balaban J connectivity index is 2.58. The molecule has 22 heavy (non-hydrogen) atoms. The van der Waals surface area contributed by atoms with Crippen LogP contribution in [0.2, 0.25) is 0 Å². The summed E-state index contributed by atoms with van der Waals surface area (Å²) in [5.74, 6) is 0. The highest BCUT2D eigenvalue weighted by Crippen LogP contribution is 2.38. The molecule has 1 nitrogen and oxygen atoms in total. The van der Waals surface area contributed by atoms with E-state index in [0.717, 1.165) is 11.4 Å². The second-order valence-electron chi connectivity index (χ2n) is 7.90. The average Bonchev–Trinajstić information content (AvgIpc) is 2.45. The van der Waals surface area contributed by atoms with E-state index in [9.17, 15) is 0 Å². The molecule has 0 unspecified atom stereocenters. The molecule has 0 aliphatic rings. The lowest BCUT2D eigenvalue weighted by molar-refractivity contribution is 0.588. The maximum Gasteiger partial charge on any atom is 0.234 e. The van der Waals surface area contributed by atoms with Crippen LogP contribution in [0.25, 0.3) is 0 Å². The molecule has 0 saturated heterocycles. The van der Waals surface area contributed by atoms with Gasteiger partial charge in [0.25, 0.3) is 0 Å². The topological polar surface area (TPSA) is 3.24 Å². The van der Waals surface area contributed by atoms with Gasteiger partial charge in [0.1, 0.15) is 0 Å². The summed E-state index contributed by atoms with van der Waals surface area (Å²) >= 11 is 0. The van der Waals surface area contributed by atoms with Gasteiger partial charge in [-0.1, -0.05) is 77.9 Å². The Hall–Kier alpha value is -1.70. The van der Waals surface area contributed by atoms with Crippen LogP contribution >= 0.6 is 0 Å². The molecule has 2 aromatic carbocycles. The van der Waals surface area contributed by atoms with Crippen LogP contribution in [0.15, 0.2) is 48.5 Å². The highest BCUT2D eigenvalue weighted by Gasteiger charge is 2.23. The van der Waals surface area contributed by atoms with Crippen molar-refractivity contribution in [2.75, 3.05) is 4.81 Å². The summed E-state index contributed by atoms with van der Waals surface area (Å²) in [6, 6.07) is 16.8. The lowest BCUT2D eigenvalue weighted by atomic mass is 9.83. The summed E-state index contributed by atoms with van der Waals surface area (Å²) in [5.41, 5.74) is 4.72. The van der Waals surface area contributed by atoms with E-state index in [4.69, 9.17) is 7.98 Å². The van der Waals surface area contributed by atoms with Crippen molar-refractivity contribution in [1.82, 2.24) is 0 Å². The molecule has 2 radical (unpaired) electrons. The SMILES string of the molecule is [B]N(c1ccccc1C(C)(C)C)c1ccccc1C(C)(C)C. The van der Waals surface area contributed by atoms with Crippen molar-refractivity contribution < 1.29 is 0 Å². The average molecular weight is 291 g/mol. The molecule has 0 aliphatic carbocycles. The molecule has 0 aromatic heterocycles. The predicted octanol–water partition coefficient (Wildman–Crippen LogP) is 5.50. The highest BCUT2D eigenvalue weighted by atomic mass is 15.0. The van der Waals surface area contributed by atoms with Crippen LogP contribution in [0.4, 0.5) is 11.4 Å². The van der Waals surface area contributed by atoms with Crippen LogP contribution in [0.5, 0.6) is 0 Å². The van der Waals surface area contributed by atoms with Gasteiger partial charge in [-0.2, -0.15) is 0 Å². The van der Waals surface area contributed by atoms with E-state index in [0.29, 0.717) is 0 Å². The van der Waals surface area contributed by atoms with Crippen molar-refractivity contribution >= 4 is 19.4 Å². The van der Waals surface area contributed by atoms with Crippen LogP contribution in [0.3, 0.4) is 0 Å². The fraction of sp³-hybridized carbons (Fsp3) is 0.400. The van der Waals surface area contributed by atoms with Crippen molar-refractivity contribution in [1.29, 1.82) is 0 Å². The smallest absolute Gasteiger partial charge is 0.234 e. The first-order chi connectivity index (χ1) is 10.1. The summed E-state index contributed by atoms with van der Waals surface area (Å²) in [7, 11) is 6.54. The molecule has 0 aliphatic heterocycles. The Morgan fingerprint density at radius 3 is 1.27 bits per heavy atom. The summed E-state index contributed by atoms with van der Waals surface area (Å²) in [4.78, 5) is 1.83. The number of hydrogen-bond donors (Lipinski definition) is 0. The Morgan fingerprint density at radius 2 is 0.955 bits per heavy atom. The number of para-hydroxylation sites is 2. The second-order valence-corrected chi connectivity index (χ2v) is 7.90. The summed E-state index contributed by atoms with van der Waals surface area (Å²) in [6.45, 7) is 13.3. The summed E-state index contributed by atoms with van der Waals surface area (Å²) < 4.78 is 0. The van der Waals surface area contributed by atoms with E-state index in [2.05, 4.69) is 77.9 Å². The quantitative estimate of drug-likeness (QED) is 0.660. The molecule has 0 N–H and O–H groups in total. The molecule has 114 valence electrons. The molecule has 0 fully saturated rings. The third-order valence-electron chi connectivity index (χ3n) is 3.94. The van der Waals surface area contributed by atoms with E-state index in [1.165, 1.54) is 11.1 Å². The lowest BCUT2D eigenvalue weighted by Gasteiger charge is -2.33. The molecule has 2 rings (SSSR count). The normalized spacial score (nSPS) is 12.3. The zero-order valence-corrected chi connectivity index (χ0v) is 14.6. The van der Waals surface area contributed by atoms with Crippen LogP contribution in [-0.4, -0.2) is 7.98 Å². The number of anilines is 2. The minimum Gasteiger partial charge on any atom is -0.397 e. The first kappa shape index (κ1) is 16.7. The molecule has 0 amide bonds. The molecular weight excluding hydrogens is 265 g/mol. The summed E-state index contributed by atoms with van der Waals surface area (Å²) in [6.07, 6.45) is 0. The second kappa shape index (κ2) is 5.83. The predicted molar refractivity (Wildman–Crippen MR) is 98.2 cm³/mol. The lowest BCUT2D eigenvalue weighted by Crippen LogP contribution is -2.23. The van der Waals surface area contributed by atoms with Crippen molar-refractivity contribution in [3.63, 3.8) is 0 Å². The van der Waals surface area contributed by atoms with E-state index in [1.807, 2.05) is 16.9 Å². The van der Waals surface area contributed by atoms with Crippen LogP contribution in [0, 0.1) is 0 Å². The first-order valence-corrected chi connectivity index (χ1v) is 7.86. The minimum absolute atomic E-state index is 0.0465. The van der Waals surface area contributed by atoms with Gasteiger partial charge in [-0.05, 0) is 34.1 Å². The molecule has 0 spiro atoms. The standard InChI is InChI=1S/C20H26BN/c1-19(2,3)15-11-7-9-13-17(15)22(21)18-14-10-8-12-16(18)20(4,5)6/h7-14H,1-6H3. The van der Waals surface area contributed by atoms with Gasteiger partial charge in [-0.15, -0.1) is 0 Å². The van der Waals surface area contributed by atoms with Gasteiger partial charge in [-0.25, -0.2) is 0 Å².